The van der Waals surface area contributed by atoms with Crippen LogP contribution >= 0.6 is 0 Å². The van der Waals surface area contributed by atoms with Crippen molar-refractivity contribution >= 4 is 0 Å². The second-order valence-electron chi connectivity index (χ2n) is 4.87. The largest absolute Gasteiger partial charge is 0.479 e. The lowest BCUT2D eigenvalue weighted by Crippen LogP contribution is -2.37. The Kier molecular flexibility index (Phi) is 5.20. The van der Waals surface area contributed by atoms with E-state index in [1.807, 2.05) is 30.3 Å². The lowest BCUT2D eigenvalue weighted by Gasteiger charge is -2.28. The number of nitrogens with zero attached hydrogens (tertiary/aromatic N) is 1. The lowest BCUT2D eigenvalue weighted by atomic mass is 10.0. The molecule has 0 saturated carbocycles. The first-order chi connectivity index (χ1) is 9.28. The van der Waals surface area contributed by atoms with Gasteiger partial charge in [-0.1, -0.05) is 12.1 Å². The summed E-state index contributed by atoms with van der Waals surface area (Å²) < 4.78 is 10.8. The van der Waals surface area contributed by atoms with Crippen LogP contribution in [0.2, 0.25) is 0 Å². The SMILES string of the molecule is CC1CC(NCc2ccc(OCC#N)cc2)CCO1. The highest BCUT2D eigenvalue weighted by molar-refractivity contribution is 5.27. The number of ether oxygens (including phenoxy) is 2. The fourth-order valence-corrected chi connectivity index (χ4v) is 2.26. The first-order valence-electron chi connectivity index (χ1n) is 6.71. The van der Waals surface area contributed by atoms with E-state index in [1.54, 1.807) is 0 Å². The Hall–Kier alpha value is -1.57. The van der Waals surface area contributed by atoms with Gasteiger partial charge in [0.25, 0.3) is 0 Å². The molecule has 2 atom stereocenters. The fraction of sp³-hybridized carbons (Fsp3) is 0.533. The summed E-state index contributed by atoms with van der Waals surface area (Å²) in [5.41, 5.74) is 1.23. The predicted octanol–water partition coefficient (Wildman–Crippen LogP) is 2.25. The molecular weight excluding hydrogens is 240 g/mol. The van der Waals surface area contributed by atoms with E-state index in [4.69, 9.17) is 14.7 Å². The van der Waals surface area contributed by atoms with Gasteiger partial charge in [0.1, 0.15) is 11.8 Å². The molecule has 0 spiro atoms. The zero-order valence-corrected chi connectivity index (χ0v) is 11.3. The van der Waals surface area contributed by atoms with Crippen LogP contribution in [0.15, 0.2) is 24.3 Å². The number of benzene rings is 1. The van der Waals surface area contributed by atoms with Gasteiger partial charge in [-0.25, -0.2) is 0 Å². The Bertz CT molecular complexity index is 425. The first-order valence-corrected chi connectivity index (χ1v) is 6.71. The Morgan fingerprint density at radius 3 is 2.89 bits per heavy atom. The van der Waals surface area contributed by atoms with E-state index in [0.717, 1.165) is 31.7 Å². The molecule has 0 aromatic heterocycles. The van der Waals surface area contributed by atoms with Gasteiger partial charge < -0.3 is 14.8 Å². The molecule has 0 aliphatic carbocycles. The molecule has 0 amide bonds. The van der Waals surface area contributed by atoms with Crippen molar-refractivity contribution in [2.45, 2.75) is 38.5 Å². The average molecular weight is 260 g/mol. The molecule has 1 N–H and O–H groups in total. The zero-order chi connectivity index (χ0) is 13.5. The molecule has 1 aliphatic rings. The van der Waals surface area contributed by atoms with Crippen LogP contribution in [0.1, 0.15) is 25.3 Å². The second kappa shape index (κ2) is 7.13. The molecule has 19 heavy (non-hydrogen) atoms. The highest BCUT2D eigenvalue weighted by atomic mass is 16.5. The molecule has 1 aromatic carbocycles. The van der Waals surface area contributed by atoms with E-state index in [2.05, 4.69) is 12.2 Å². The summed E-state index contributed by atoms with van der Waals surface area (Å²) >= 11 is 0. The van der Waals surface area contributed by atoms with Crippen LogP contribution in [0.4, 0.5) is 0 Å². The summed E-state index contributed by atoms with van der Waals surface area (Å²) in [4.78, 5) is 0. The predicted molar refractivity (Wildman–Crippen MR) is 72.8 cm³/mol. The number of nitriles is 1. The van der Waals surface area contributed by atoms with E-state index in [0.29, 0.717) is 12.1 Å². The molecule has 102 valence electrons. The Balaban J connectivity index is 1.78. The molecule has 1 saturated heterocycles. The van der Waals surface area contributed by atoms with Crippen LogP contribution in [0.3, 0.4) is 0 Å². The summed E-state index contributed by atoms with van der Waals surface area (Å²) in [5, 5.41) is 12.0. The van der Waals surface area contributed by atoms with Gasteiger partial charge in [0.05, 0.1) is 6.10 Å². The maximum absolute atomic E-state index is 8.44. The van der Waals surface area contributed by atoms with Crippen LogP contribution in [0, 0.1) is 11.3 Å². The normalized spacial score (nSPS) is 22.7. The summed E-state index contributed by atoms with van der Waals surface area (Å²) in [6.45, 7) is 3.92. The number of nitrogens with one attached hydrogen (secondary N) is 1. The number of hydrogen-bond donors (Lipinski definition) is 1. The third kappa shape index (κ3) is 4.55. The zero-order valence-electron chi connectivity index (χ0n) is 11.3. The second-order valence-corrected chi connectivity index (χ2v) is 4.87. The van der Waals surface area contributed by atoms with Gasteiger partial charge in [-0.15, -0.1) is 0 Å². The molecular formula is C15H20N2O2. The van der Waals surface area contributed by atoms with Gasteiger partial charge in [0.15, 0.2) is 6.61 Å². The maximum Gasteiger partial charge on any atom is 0.174 e. The van der Waals surface area contributed by atoms with Gasteiger partial charge in [0, 0.05) is 19.2 Å². The van der Waals surface area contributed by atoms with E-state index < -0.39 is 0 Å². The topological polar surface area (TPSA) is 54.3 Å². The van der Waals surface area contributed by atoms with Gasteiger partial charge in [-0.2, -0.15) is 5.26 Å². The summed E-state index contributed by atoms with van der Waals surface area (Å²) in [5.74, 6) is 0.741. The van der Waals surface area contributed by atoms with E-state index >= 15 is 0 Å². The maximum atomic E-state index is 8.44. The van der Waals surface area contributed by atoms with Crippen molar-refractivity contribution in [3.63, 3.8) is 0 Å². The van der Waals surface area contributed by atoms with E-state index in [1.165, 1.54) is 5.56 Å². The van der Waals surface area contributed by atoms with Crippen LogP contribution in [-0.4, -0.2) is 25.4 Å². The molecule has 0 radical (unpaired) electrons. The Morgan fingerprint density at radius 2 is 2.21 bits per heavy atom. The van der Waals surface area contributed by atoms with Crippen molar-refractivity contribution in [3.8, 4) is 11.8 Å². The molecule has 0 bridgehead atoms. The monoisotopic (exact) mass is 260 g/mol. The Labute approximate surface area is 114 Å². The van der Waals surface area contributed by atoms with Crippen molar-refractivity contribution in [3.05, 3.63) is 29.8 Å². The molecule has 2 rings (SSSR count). The van der Waals surface area contributed by atoms with Crippen molar-refractivity contribution in [2.75, 3.05) is 13.2 Å². The molecule has 1 aliphatic heterocycles. The summed E-state index contributed by atoms with van der Waals surface area (Å²) in [7, 11) is 0. The number of rotatable bonds is 5. The van der Waals surface area contributed by atoms with Crippen molar-refractivity contribution in [2.24, 2.45) is 0 Å². The van der Waals surface area contributed by atoms with Crippen molar-refractivity contribution < 1.29 is 9.47 Å². The van der Waals surface area contributed by atoms with Crippen LogP contribution in [0.25, 0.3) is 0 Å². The first kappa shape index (κ1) is 13.9. The molecule has 1 aromatic rings. The third-order valence-electron chi connectivity index (χ3n) is 3.31. The summed E-state index contributed by atoms with van der Waals surface area (Å²) in [6, 6.07) is 10.4. The molecule has 2 unspecified atom stereocenters. The molecule has 1 heterocycles. The minimum atomic E-state index is 0.0948. The quantitative estimate of drug-likeness (QED) is 0.882. The smallest absolute Gasteiger partial charge is 0.174 e. The van der Waals surface area contributed by atoms with Crippen molar-refractivity contribution in [1.29, 1.82) is 5.26 Å². The van der Waals surface area contributed by atoms with Gasteiger partial charge >= 0.3 is 0 Å². The van der Waals surface area contributed by atoms with Crippen LogP contribution in [-0.2, 0) is 11.3 Å². The minimum Gasteiger partial charge on any atom is -0.479 e. The van der Waals surface area contributed by atoms with Crippen LogP contribution in [0.5, 0.6) is 5.75 Å². The van der Waals surface area contributed by atoms with Crippen LogP contribution < -0.4 is 10.1 Å². The summed E-state index contributed by atoms with van der Waals surface area (Å²) in [6.07, 6.45) is 2.50. The van der Waals surface area contributed by atoms with Gasteiger partial charge in [-0.05, 0) is 37.5 Å². The average Bonchev–Trinajstić information content (AvgIpc) is 2.44. The standard InChI is InChI=1S/C15H20N2O2/c1-12-10-14(6-8-18-12)17-11-13-2-4-15(5-3-13)19-9-7-16/h2-5,12,14,17H,6,8-11H2,1H3. The highest BCUT2D eigenvalue weighted by Crippen LogP contribution is 2.15. The fourth-order valence-electron chi connectivity index (χ4n) is 2.26. The van der Waals surface area contributed by atoms with Gasteiger partial charge in [-0.3, -0.25) is 0 Å². The van der Waals surface area contributed by atoms with Crippen molar-refractivity contribution in [1.82, 2.24) is 5.32 Å². The minimum absolute atomic E-state index is 0.0948. The molecule has 4 nitrogen and oxygen atoms in total. The van der Waals surface area contributed by atoms with E-state index in [-0.39, 0.29) is 6.61 Å². The van der Waals surface area contributed by atoms with E-state index in [9.17, 15) is 0 Å². The molecule has 4 heteroatoms. The number of hydrogen-bond acceptors (Lipinski definition) is 4. The molecule has 1 fully saturated rings. The Morgan fingerprint density at radius 1 is 1.42 bits per heavy atom. The van der Waals surface area contributed by atoms with Gasteiger partial charge in [0.2, 0.25) is 0 Å². The third-order valence-corrected chi connectivity index (χ3v) is 3.31. The lowest BCUT2D eigenvalue weighted by molar-refractivity contribution is 0.0130. The highest BCUT2D eigenvalue weighted by Gasteiger charge is 2.18.